The lowest BCUT2D eigenvalue weighted by molar-refractivity contribution is -0.215. The van der Waals surface area contributed by atoms with Gasteiger partial charge in [-0.05, 0) is 47.7 Å². The zero-order valence-corrected chi connectivity index (χ0v) is 21.9. The molecular formula is C28H30ClF3N2O3. The molecule has 1 N–H and O–H groups in total. The number of carbonyl (C=O) groups is 1. The van der Waals surface area contributed by atoms with Gasteiger partial charge in [0.2, 0.25) is 6.17 Å². The van der Waals surface area contributed by atoms with Crippen LogP contribution < -0.4 is 10.1 Å². The lowest BCUT2D eigenvalue weighted by Crippen LogP contribution is -2.49. The smallest absolute Gasteiger partial charge is 0.429 e. The molecule has 5 nitrogen and oxygen atoms in total. The minimum absolute atomic E-state index is 0.137. The van der Waals surface area contributed by atoms with Crippen molar-refractivity contribution in [2.24, 2.45) is 5.41 Å². The standard InChI is InChI=1S/C28H30ClF3N2O3/c1-19(30)28(31,32)37-23-12-8-11-21(15-23)27(16-20-9-6-5-7-10-20,24-14-13-22(29)17-33-24)34-25(35)36-18-26(2,3)4/h5-15,17,19H,16,18H2,1-4H3,(H,34,35)/t19?,27-/m1/s1. The third-order valence-electron chi connectivity index (χ3n) is 5.47. The first kappa shape index (κ1) is 28.3. The van der Waals surface area contributed by atoms with Crippen LogP contribution in [-0.2, 0) is 16.7 Å². The second kappa shape index (κ2) is 11.4. The SMILES string of the molecule is CC(F)C(F)(F)Oc1cccc([C@@](Cc2ccccc2)(NC(=O)OCC(C)(C)C)c2ccc(Cl)cn2)c1. The molecule has 0 aliphatic rings. The van der Waals surface area contributed by atoms with Gasteiger partial charge in [0.1, 0.15) is 11.3 Å². The molecule has 0 saturated carbocycles. The first-order chi connectivity index (χ1) is 17.3. The molecule has 198 valence electrons. The van der Waals surface area contributed by atoms with Crippen molar-refractivity contribution in [2.75, 3.05) is 6.61 Å². The summed E-state index contributed by atoms with van der Waals surface area (Å²) in [6.07, 6.45) is -5.69. The molecule has 1 unspecified atom stereocenters. The van der Waals surface area contributed by atoms with E-state index in [0.29, 0.717) is 23.2 Å². The van der Waals surface area contributed by atoms with E-state index in [1.54, 1.807) is 18.2 Å². The molecular weight excluding hydrogens is 505 g/mol. The maximum atomic E-state index is 14.1. The van der Waals surface area contributed by atoms with Crippen LogP contribution in [0.4, 0.5) is 18.0 Å². The quantitative estimate of drug-likeness (QED) is 0.312. The zero-order valence-electron chi connectivity index (χ0n) is 21.1. The van der Waals surface area contributed by atoms with Gasteiger partial charge in [-0.3, -0.25) is 4.98 Å². The molecule has 1 amide bonds. The lowest BCUT2D eigenvalue weighted by atomic mass is 9.80. The van der Waals surface area contributed by atoms with Crippen LogP contribution in [-0.4, -0.2) is 30.0 Å². The van der Waals surface area contributed by atoms with Crippen molar-refractivity contribution in [3.63, 3.8) is 0 Å². The highest BCUT2D eigenvalue weighted by Gasteiger charge is 2.42. The summed E-state index contributed by atoms with van der Waals surface area (Å²) < 4.78 is 51.8. The Balaban J connectivity index is 2.16. The van der Waals surface area contributed by atoms with Crippen molar-refractivity contribution in [1.29, 1.82) is 0 Å². The average Bonchev–Trinajstić information content (AvgIpc) is 2.83. The summed E-state index contributed by atoms with van der Waals surface area (Å²) in [6.45, 7) is 6.62. The summed E-state index contributed by atoms with van der Waals surface area (Å²) in [6, 6.07) is 18.3. The van der Waals surface area contributed by atoms with Gasteiger partial charge in [0.15, 0.2) is 0 Å². The summed E-state index contributed by atoms with van der Waals surface area (Å²) in [4.78, 5) is 17.6. The molecule has 1 aromatic heterocycles. The van der Waals surface area contributed by atoms with Crippen molar-refractivity contribution in [1.82, 2.24) is 10.3 Å². The number of alkyl carbamates (subject to hydrolysis) is 1. The number of nitrogens with zero attached hydrogens (tertiary/aromatic N) is 1. The van der Waals surface area contributed by atoms with Crippen molar-refractivity contribution in [2.45, 2.75) is 51.9 Å². The summed E-state index contributed by atoms with van der Waals surface area (Å²) in [7, 11) is 0. The molecule has 0 saturated heterocycles. The Morgan fingerprint density at radius 2 is 1.76 bits per heavy atom. The molecule has 3 aromatic rings. The number of aromatic nitrogens is 1. The molecule has 0 aliphatic heterocycles. The zero-order chi connectivity index (χ0) is 27.3. The number of hydrogen-bond acceptors (Lipinski definition) is 4. The maximum Gasteiger partial charge on any atom is 0.429 e. The molecule has 0 spiro atoms. The van der Waals surface area contributed by atoms with E-state index in [0.717, 1.165) is 5.56 Å². The van der Waals surface area contributed by atoms with Crippen molar-refractivity contribution >= 4 is 17.7 Å². The molecule has 9 heteroatoms. The van der Waals surface area contributed by atoms with Gasteiger partial charge in [-0.15, -0.1) is 0 Å². The highest BCUT2D eigenvalue weighted by molar-refractivity contribution is 6.30. The summed E-state index contributed by atoms with van der Waals surface area (Å²) in [5, 5.41) is 3.31. The van der Waals surface area contributed by atoms with Crippen LogP contribution in [0.2, 0.25) is 5.02 Å². The van der Waals surface area contributed by atoms with E-state index in [1.165, 1.54) is 24.4 Å². The number of pyridine rings is 1. The first-order valence-electron chi connectivity index (χ1n) is 11.7. The summed E-state index contributed by atoms with van der Waals surface area (Å²) in [5.41, 5.74) is -0.0867. The molecule has 0 radical (unpaired) electrons. The van der Waals surface area contributed by atoms with Gasteiger partial charge in [0.25, 0.3) is 0 Å². The van der Waals surface area contributed by atoms with Gasteiger partial charge >= 0.3 is 12.2 Å². The third kappa shape index (κ3) is 7.61. The van der Waals surface area contributed by atoms with Crippen molar-refractivity contribution < 1.29 is 27.4 Å². The van der Waals surface area contributed by atoms with E-state index >= 15 is 0 Å². The monoisotopic (exact) mass is 534 g/mol. The van der Waals surface area contributed by atoms with Crippen LogP contribution in [0.1, 0.15) is 44.5 Å². The van der Waals surface area contributed by atoms with E-state index < -0.39 is 23.9 Å². The molecule has 37 heavy (non-hydrogen) atoms. The average molecular weight is 535 g/mol. The van der Waals surface area contributed by atoms with Gasteiger partial charge < -0.3 is 14.8 Å². The molecule has 3 rings (SSSR count). The predicted octanol–water partition coefficient (Wildman–Crippen LogP) is 7.32. The highest BCUT2D eigenvalue weighted by atomic mass is 35.5. The second-order valence-corrected chi connectivity index (χ2v) is 10.4. The number of nitrogens with one attached hydrogen (secondary N) is 1. The summed E-state index contributed by atoms with van der Waals surface area (Å²) >= 11 is 6.09. The molecule has 2 aromatic carbocycles. The van der Waals surface area contributed by atoms with Crippen LogP contribution in [0.15, 0.2) is 72.9 Å². The number of rotatable bonds is 9. The maximum absolute atomic E-state index is 14.1. The van der Waals surface area contributed by atoms with Gasteiger partial charge in [-0.25, -0.2) is 9.18 Å². The molecule has 0 fully saturated rings. The van der Waals surface area contributed by atoms with E-state index in [4.69, 9.17) is 21.1 Å². The number of carbonyl (C=O) groups excluding carboxylic acids is 1. The third-order valence-corrected chi connectivity index (χ3v) is 5.70. The van der Waals surface area contributed by atoms with Crippen LogP contribution in [0.25, 0.3) is 0 Å². The number of alkyl halides is 3. The Bertz CT molecular complexity index is 1190. The Morgan fingerprint density at radius 1 is 1.05 bits per heavy atom. The first-order valence-corrected chi connectivity index (χ1v) is 12.1. The molecule has 2 atom stereocenters. The van der Waals surface area contributed by atoms with Gasteiger partial charge in [0.05, 0.1) is 17.3 Å². The Labute approximate surface area is 220 Å². The van der Waals surface area contributed by atoms with Gasteiger partial charge in [0, 0.05) is 12.6 Å². The number of benzene rings is 2. The van der Waals surface area contributed by atoms with Gasteiger partial charge in [-0.1, -0.05) is 74.8 Å². The van der Waals surface area contributed by atoms with Crippen LogP contribution in [0, 0.1) is 5.41 Å². The highest BCUT2D eigenvalue weighted by Crippen LogP contribution is 2.36. The fourth-order valence-corrected chi connectivity index (χ4v) is 3.72. The van der Waals surface area contributed by atoms with Crippen LogP contribution >= 0.6 is 11.6 Å². The normalized spacial score (nSPS) is 14.4. The largest absolute Gasteiger partial charge is 0.449 e. The predicted molar refractivity (Wildman–Crippen MR) is 137 cm³/mol. The molecule has 0 bridgehead atoms. The van der Waals surface area contributed by atoms with Crippen LogP contribution in [0.5, 0.6) is 5.75 Å². The Morgan fingerprint density at radius 3 is 2.35 bits per heavy atom. The fraction of sp³-hybridized carbons (Fsp3) is 0.357. The van der Waals surface area contributed by atoms with Crippen LogP contribution in [0.3, 0.4) is 0 Å². The van der Waals surface area contributed by atoms with Gasteiger partial charge in [-0.2, -0.15) is 8.78 Å². The molecule has 1 heterocycles. The molecule has 0 aliphatic carbocycles. The number of ether oxygens (including phenoxy) is 2. The Hall–Kier alpha value is -3.26. The van der Waals surface area contributed by atoms with E-state index in [9.17, 15) is 18.0 Å². The number of hydrogen-bond donors (Lipinski definition) is 1. The fourth-order valence-electron chi connectivity index (χ4n) is 3.61. The summed E-state index contributed by atoms with van der Waals surface area (Å²) in [5.74, 6) is -0.275. The number of halogens is 4. The topological polar surface area (TPSA) is 60.5 Å². The van der Waals surface area contributed by atoms with Crippen molar-refractivity contribution in [3.8, 4) is 5.75 Å². The second-order valence-electron chi connectivity index (χ2n) is 10.00. The minimum atomic E-state index is -4.04. The minimum Gasteiger partial charge on any atom is -0.449 e. The lowest BCUT2D eigenvalue weighted by Gasteiger charge is -2.35. The van der Waals surface area contributed by atoms with E-state index in [-0.39, 0.29) is 24.2 Å². The van der Waals surface area contributed by atoms with Crippen molar-refractivity contribution in [3.05, 3.63) is 94.8 Å². The van der Waals surface area contributed by atoms with E-state index in [2.05, 4.69) is 10.3 Å². The Kier molecular flexibility index (Phi) is 8.74. The van der Waals surface area contributed by atoms with E-state index in [1.807, 2.05) is 51.1 Å². The number of amides is 1.